The molecule has 7 heteroatoms. The summed E-state index contributed by atoms with van der Waals surface area (Å²) in [4.78, 5) is 2.46. The molecule has 1 atom stereocenters. The Morgan fingerprint density at radius 1 is 1.40 bits per heavy atom. The van der Waals surface area contributed by atoms with Crippen LogP contribution in [0.1, 0.15) is 13.3 Å². The minimum atomic E-state index is -3.50. The Morgan fingerprint density at radius 3 is 2.75 bits per heavy atom. The zero-order valence-electron chi connectivity index (χ0n) is 11.7. The van der Waals surface area contributed by atoms with Crippen molar-refractivity contribution in [1.29, 1.82) is 0 Å². The molecular formula is C13H20BrN3O2S. The lowest BCUT2D eigenvalue weighted by Gasteiger charge is -2.38. The van der Waals surface area contributed by atoms with Crippen molar-refractivity contribution >= 4 is 31.6 Å². The molecule has 1 unspecified atom stereocenters. The number of nitrogens with zero attached hydrogens (tertiary/aromatic N) is 2. The minimum absolute atomic E-state index is 0.247. The average molecular weight is 362 g/mol. The highest BCUT2D eigenvalue weighted by molar-refractivity contribution is 9.10. The molecule has 2 N–H and O–H groups in total. The van der Waals surface area contributed by atoms with Gasteiger partial charge in [-0.1, -0.05) is 6.92 Å². The van der Waals surface area contributed by atoms with Crippen molar-refractivity contribution in [2.45, 2.75) is 24.3 Å². The van der Waals surface area contributed by atoms with Crippen molar-refractivity contribution in [3.63, 3.8) is 0 Å². The largest absolute Gasteiger partial charge is 0.399 e. The molecule has 1 aliphatic heterocycles. The molecule has 0 aliphatic carbocycles. The molecule has 1 fully saturated rings. The molecule has 0 amide bonds. The van der Waals surface area contributed by atoms with E-state index in [4.69, 9.17) is 5.73 Å². The van der Waals surface area contributed by atoms with E-state index in [0.29, 0.717) is 23.2 Å². The van der Waals surface area contributed by atoms with E-state index in [9.17, 15) is 8.42 Å². The molecular weight excluding hydrogens is 342 g/mol. The fourth-order valence-corrected chi connectivity index (χ4v) is 4.86. The first-order valence-corrected chi connectivity index (χ1v) is 8.85. The van der Waals surface area contributed by atoms with Crippen LogP contribution in [-0.4, -0.2) is 50.3 Å². The van der Waals surface area contributed by atoms with Crippen molar-refractivity contribution in [2.24, 2.45) is 0 Å². The number of hydrogen-bond donors (Lipinski definition) is 1. The topological polar surface area (TPSA) is 66.6 Å². The Labute approximate surface area is 128 Å². The Kier molecular flexibility index (Phi) is 4.73. The molecule has 1 heterocycles. The second-order valence-electron chi connectivity index (χ2n) is 5.10. The molecule has 0 spiro atoms. The molecule has 0 radical (unpaired) electrons. The maximum atomic E-state index is 12.8. The quantitative estimate of drug-likeness (QED) is 0.832. The lowest BCUT2D eigenvalue weighted by Crippen LogP contribution is -2.52. The van der Waals surface area contributed by atoms with Crippen LogP contribution in [0.5, 0.6) is 0 Å². The molecule has 1 aromatic rings. The van der Waals surface area contributed by atoms with Crippen LogP contribution in [-0.2, 0) is 10.0 Å². The normalized spacial score (nSPS) is 22.1. The summed E-state index contributed by atoms with van der Waals surface area (Å²) in [6, 6.07) is 5.13. The summed E-state index contributed by atoms with van der Waals surface area (Å²) in [5.74, 6) is 0. The maximum Gasteiger partial charge on any atom is 0.244 e. The third kappa shape index (κ3) is 3.00. The van der Waals surface area contributed by atoms with E-state index >= 15 is 0 Å². The Bertz CT molecular complexity index is 591. The first kappa shape index (κ1) is 15.8. The fraction of sp³-hybridized carbons (Fsp3) is 0.538. The number of nitrogen functional groups attached to an aromatic ring is 1. The van der Waals surface area contributed by atoms with Gasteiger partial charge in [-0.2, -0.15) is 4.31 Å². The summed E-state index contributed by atoms with van der Waals surface area (Å²) in [7, 11) is -1.47. The Hall–Kier alpha value is -0.630. The number of sulfonamides is 1. The van der Waals surface area contributed by atoms with Gasteiger partial charge in [-0.25, -0.2) is 8.42 Å². The number of hydrogen-bond acceptors (Lipinski definition) is 4. The zero-order chi connectivity index (χ0) is 14.9. The van der Waals surface area contributed by atoms with Crippen molar-refractivity contribution < 1.29 is 8.42 Å². The number of anilines is 1. The number of halogens is 1. The smallest absolute Gasteiger partial charge is 0.244 e. The van der Waals surface area contributed by atoms with Crippen LogP contribution in [0.15, 0.2) is 27.6 Å². The van der Waals surface area contributed by atoms with Gasteiger partial charge in [0.2, 0.25) is 10.0 Å². The van der Waals surface area contributed by atoms with Gasteiger partial charge in [0.1, 0.15) is 0 Å². The Morgan fingerprint density at radius 2 is 2.10 bits per heavy atom. The van der Waals surface area contributed by atoms with Gasteiger partial charge in [-0.3, -0.25) is 0 Å². The lowest BCUT2D eigenvalue weighted by molar-refractivity contribution is 0.144. The molecule has 1 aliphatic rings. The number of likely N-dealkylation sites (N-methyl/N-ethyl adjacent to an activating group) is 1. The van der Waals surface area contributed by atoms with E-state index in [0.717, 1.165) is 13.0 Å². The molecule has 5 nitrogen and oxygen atoms in total. The summed E-state index contributed by atoms with van der Waals surface area (Å²) in [6.45, 7) is 3.86. The highest BCUT2D eigenvalue weighted by atomic mass is 79.9. The third-order valence-corrected chi connectivity index (χ3v) is 6.64. The molecule has 20 heavy (non-hydrogen) atoms. The maximum absolute atomic E-state index is 12.8. The lowest BCUT2D eigenvalue weighted by atomic mass is 10.1. The predicted molar refractivity (Wildman–Crippen MR) is 84.0 cm³/mol. The van der Waals surface area contributed by atoms with Crippen LogP contribution in [0.3, 0.4) is 0 Å². The summed E-state index contributed by atoms with van der Waals surface area (Å²) in [6.07, 6.45) is 0.931. The van der Waals surface area contributed by atoms with E-state index in [-0.39, 0.29) is 10.9 Å². The second-order valence-corrected chi connectivity index (χ2v) is 7.86. The number of piperazine rings is 1. The summed E-state index contributed by atoms with van der Waals surface area (Å²) < 4.78 is 27.6. The van der Waals surface area contributed by atoms with Gasteiger partial charge in [-0.05, 0) is 47.6 Å². The highest BCUT2D eigenvalue weighted by Crippen LogP contribution is 2.28. The van der Waals surface area contributed by atoms with E-state index in [2.05, 4.69) is 27.8 Å². The van der Waals surface area contributed by atoms with Gasteiger partial charge >= 0.3 is 0 Å². The van der Waals surface area contributed by atoms with Gasteiger partial charge < -0.3 is 10.6 Å². The van der Waals surface area contributed by atoms with Crippen molar-refractivity contribution in [2.75, 3.05) is 32.4 Å². The van der Waals surface area contributed by atoms with E-state index in [1.54, 1.807) is 16.4 Å². The standard InChI is InChI=1S/C13H20BrN3O2S/c1-3-11-9-17(7-6-16(11)2)20(18,19)13-8-10(15)4-5-12(13)14/h4-5,8,11H,3,6-7,9,15H2,1-2H3. The van der Waals surface area contributed by atoms with Gasteiger partial charge in [-0.15, -0.1) is 0 Å². The van der Waals surface area contributed by atoms with Gasteiger partial charge in [0.15, 0.2) is 0 Å². The number of rotatable bonds is 3. The van der Waals surface area contributed by atoms with E-state index < -0.39 is 10.0 Å². The van der Waals surface area contributed by atoms with Crippen LogP contribution >= 0.6 is 15.9 Å². The molecule has 1 aromatic carbocycles. The van der Waals surface area contributed by atoms with E-state index in [1.165, 1.54) is 6.07 Å². The van der Waals surface area contributed by atoms with Gasteiger partial charge in [0, 0.05) is 35.8 Å². The summed E-state index contributed by atoms with van der Waals surface area (Å²) in [5.41, 5.74) is 6.17. The molecule has 112 valence electrons. The number of nitrogens with two attached hydrogens (primary N) is 1. The summed E-state index contributed by atoms with van der Waals surface area (Å²) in [5, 5.41) is 0. The first-order valence-electron chi connectivity index (χ1n) is 6.61. The van der Waals surface area contributed by atoms with Crippen LogP contribution < -0.4 is 5.73 Å². The first-order chi connectivity index (χ1) is 9.36. The van der Waals surface area contributed by atoms with Crippen LogP contribution in [0.25, 0.3) is 0 Å². The predicted octanol–water partition coefficient (Wildman–Crippen LogP) is 1.75. The molecule has 1 saturated heterocycles. The SMILES string of the molecule is CCC1CN(S(=O)(=O)c2cc(N)ccc2Br)CCN1C. The Balaban J connectivity index is 2.33. The van der Waals surface area contributed by atoms with Crippen molar-refractivity contribution in [3.05, 3.63) is 22.7 Å². The van der Waals surface area contributed by atoms with Crippen molar-refractivity contribution in [1.82, 2.24) is 9.21 Å². The second kappa shape index (κ2) is 6.01. The highest BCUT2D eigenvalue weighted by Gasteiger charge is 2.33. The van der Waals surface area contributed by atoms with Gasteiger partial charge in [0.05, 0.1) is 4.90 Å². The molecule has 0 aromatic heterocycles. The van der Waals surface area contributed by atoms with Crippen LogP contribution in [0, 0.1) is 0 Å². The van der Waals surface area contributed by atoms with Gasteiger partial charge in [0.25, 0.3) is 0 Å². The number of benzene rings is 1. The minimum Gasteiger partial charge on any atom is -0.399 e. The average Bonchev–Trinajstić information content (AvgIpc) is 2.41. The van der Waals surface area contributed by atoms with E-state index in [1.807, 2.05) is 7.05 Å². The zero-order valence-corrected chi connectivity index (χ0v) is 14.1. The molecule has 2 rings (SSSR count). The monoisotopic (exact) mass is 361 g/mol. The van der Waals surface area contributed by atoms with Crippen LogP contribution in [0.4, 0.5) is 5.69 Å². The van der Waals surface area contributed by atoms with Crippen molar-refractivity contribution in [3.8, 4) is 0 Å². The summed E-state index contributed by atoms with van der Waals surface area (Å²) >= 11 is 3.31. The van der Waals surface area contributed by atoms with Crippen LogP contribution in [0.2, 0.25) is 0 Å². The molecule has 0 bridgehead atoms. The molecule has 0 saturated carbocycles. The third-order valence-electron chi connectivity index (χ3n) is 3.78. The fourth-order valence-electron chi connectivity index (χ4n) is 2.43.